The molecule has 3 atom stereocenters. The summed E-state index contributed by atoms with van der Waals surface area (Å²) in [6, 6.07) is 0. The van der Waals surface area contributed by atoms with Crippen molar-refractivity contribution in [2.45, 2.75) is 32.1 Å². The van der Waals surface area contributed by atoms with E-state index in [1.165, 1.54) is 0 Å². The zero-order valence-electron chi connectivity index (χ0n) is 11.4. The molecule has 108 valence electrons. The van der Waals surface area contributed by atoms with Crippen molar-refractivity contribution < 1.29 is 19.1 Å². The number of Topliss-reactive ketones (excluding diaryl/α,β-unsaturated/α-hetero) is 1. The SMILES string of the molecule is C#CCNC(=O)COC(=O)C1C[C@H]2CCC[C@@H](C1)C2=O. The molecule has 1 N–H and O–H groups in total. The van der Waals surface area contributed by atoms with E-state index < -0.39 is 5.91 Å². The number of amides is 1. The number of terminal acetylenes is 1. The van der Waals surface area contributed by atoms with Gasteiger partial charge in [-0.05, 0) is 25.7 Å². The molecule has 2 aliphatic rings. The number of nitrogens with one attached hydrogen (secondary N) is 1. The van der Waals surface area contributed by atoms with Crippen LogP contribution in [0.3, 0.4) is 0 Å². The maximum atomic E-state index is 12.0. The fraction of sp³-hybridized carbons (Fsp3) is 0.667. The van der Waals surface area contributed by atoms with E-state index in [1.54, 1.807) is 0 Å². The Morgan fingerprint density at radius 2 is 1.95 bits per heavy atom. The van der Waals surface area contributed by atoms with Crippen LogP contribution in [0, 0.1) is 30.1 Å². The highest BCUT2D eigenvalue weighted by Crippen LogP contribution is 2.40. The Kier molecular flexibility index (Phi) is 4.78. The second kappa shape index (κ2) is 6.56. The molecule has 0 spiro atoms. The molecule has 2 saturated carbocycles. The highest BCUT2D eigenvalue weighted by atomic mass is 16.5. The van der Waals surface area contributed by atoms with Gasteiger partial charge in [-0.25, -0.2) is 0 Å². The molecule has 0 aromatic heterocycles. The van der Waals surface area contributed by atoms with Gasteiger partial charge >= 0.3 is 5.97 Å². The quantitative estimate of drug-likeness (QED) is 0.605. The molecule has 0 aliphatic heterocycles. The number of hydrogen-bond acceptors (Lipinski definition) is 4. The molecule has 0 aromatic rings. The predicted molar refractivity (Wildman–Crippen MR) is 71.4 cm³/mol. The smallest absolute Gasteiger partial charge is 0.309 e. The van der Waals surface area contributed by atoms with Gasteiger partial charge in [-0.1, -0.05) is 12.3 Å². The highest BCUT2D eigenvalue weighted by molar-refractivity contribution is 5.87. The van der Waals surface area contributed by atoms with Crippen LogP contribution in [0.2, 0.25) is 0 Å². The maximum absolute atomic E-state index is 12.0. The van der Waals surface area contributed by atoms with Crippen LogP contribution in [-0.2, 0) is 19.1 Å². The lowest BCUT2D eigenvalue weighted by Crippen LogP contribution is -2.40. The molecule has 5 heteroatoms. The Morgan fingerprint density at radius 1 is 1.30 bits per heavy atom. The Labute approximate surface area is 118 Å². The second-order valence-corrected chi connectivity index (χ2v) is 5.48. The molecule has 1 amide bonds. The van der Waals surface area contributed by atoms with Gasteiger partial charge in [0.25, 0.3) is 5.91 Å². The summed E-state index contributed by atoms with van der Waals surface area (Å²) in [5.74, 6) is 1.59. The van der Waals surface area contributed by atoms with E-state index in [2.05, 4.69) is 11.2 Å². The van der Waals surface area contributed by atoms with Gasteiger partial charge in [0, 0.05) is 11.8 Å². The minimum absolute atomic E-state index is 0.00955. The number of carbonyl (C=O) groups is 3. The summed E-state index contributed by atoms with van der Waals surface area (Å²) in [6.45, 7) is -0.182. The fourth-order valence-electron chi connectivity index (χ4n) is 3.13. The highest BCUT2D eigenvalue weighted by Gasteiger charge is 2.41. The zero-order valence-corrected chi connectivity index (χ0v) is 11.4. The van der Waals surface area contributed by atoms with E-state index in [0.717, 1.165) is 19.3 Å². The summed E-state index contributed by atoms with van der Waals surface area (Å²) in [5.41, 5.74) is 0. The first kappa shape index (κ1) is 14.6. The van der Waals surface area contributed by atoms with E-state index in [1.807, 2.05) is 0 Å². The van der Waals surface area contributed by atoms with Gasteiger partial charge in [-0.3, -0.25) is 14.4 Å². The zero-order chi connectivity index (χ0) is 14.5. The summed E-state index contributed by atoms with van der Waals surface area (Å²) < 4.78 is 5.01. The molecule has 0 radical (unpaired) electrons. The van der Waals surface area contributed by atoms with Crippen molar-refractivity contribution in [2.75, 3.05) is 13.2 Å². The number of esters is 1. The fourth-order valence-corrected chi connectivity index (χ4v) is 3.13. The van der Waals surface area contributed by atoms with Crippen LogP contribution in [0.1, 0.15) is 32.1 Å². The summed E-state index contributed by atoms with van der Waals surface area (Å²) in [4.78, 5) is 35.2. The largest absolute Gasteiger partial charge is 0.455 e. The number of ether oxygens (including phenoxy) is 1. The van der Waals surface area contributed by atoms with Crippen LogP contribution in [-0.4, -0.2) is 30.8 Å². The third-order valence-electron chi connectivity index (χ3n) is 4.11. The number of hydrogen-bond donors (Lipinski definition) is 1. The van der Waals surface area contributed by atoms with Crippen molar-refractivity contribution in [3.8, 4) is 12.3 Å². The van der Waals surface area contributed by atoms with E-state index in [9.17, 15) is 14.4 Å². The molecule has 2 aliphatic carbocycles. The van der Waals surface area contributed by atoms with Crippen LogP contribution in [0.15, 0.2) is 0 Å². The number of fused-ring (bicyclic) bond motifs is 2. The minimum Gasteiger partial charge on any atom is -0.455 e. The van der Waals surface area contributed by atoms with Crippen LogP contribution < -0.4 is 5.32 Å². The van der Waals surface area contributed by atoms with Gasteiger partial charge in [0.05, 0.1) is 12.5 Å². The third-order valence-corrected chi connectivity index (χ3v) is 4.11. The van der Waals surface area contributed by atoms with Crippen LogP contribution >= 0.6 is 0 Å². The summed E-state index contributed by atoms with van der Waals surface area (Å²) in [5, 5.41) is 2.43. The van der Waals surface area contributed by atoms with E-state index >= 15 is 0 Å². The lowest BCUT2D eigenvalue weighted by atomic mass is 9.67. The molecular formula is C15H19NO4. The topological polar surface area (TPSA) is 72.5 Å². The Morgan fingerprint density at radius 3 is 2.55 bits per heavy atom. The van der Waals surface area contributed by atoms with E-state index in [4.69, 9.17) is 11.2 Å². The predicted octanol–water partition coefficient (Wildman–Crippen LogP) is 0.674. The first-order valence-electron chi connectivity index (χ1n) is 7.02. The van der Waals surface area contributed by atoms with Gasteiger partial charge in [-0.2, -0.15) is 0 Å². The van der Waals surface area contributed by atoms with Gasteiger partial charge in [0.1, 0.15) is 5.78 Å². The molecule has 5 nitrogen and oxygen atoms in total. The molecule has 2 rings (SSSR count). The number of rotatable bonds is 4. The van der Waals surface area contributed by atoms with E-state index in [0.29, 0.717) is 18.6 Å². The van der Waals surface area contributed by atoms with Gasteiger partial charge in [-0.15, -0.1) is 6.42 Å². The van der Waals surface area contributed by atoms with Gasteiger partial charge < -0.3 is 10.1 Å². The van der Waals surface area contributed by atoms with Crippen LogP contribution in [0.25, 0.3) is 0 Å². The molecule has 1 unspecified atom stereocenters. The summed E-state index contributed by atoms with van der Waals surface area (Å²) >= 11 is 0. The molecular weight excluding hydrogens is 258 g/mol. The first-order valence-corrected chi connectivity index (χ1v) is 7.02. The van der Waals surface area contributed by atoms with Crippen molar-refractivity contribution in [1.82, 2.24) is 5.32 Å². The van der Waals surface area contributed by atoms with Crippen molar-refractivity contribution in [3.63, 3.8) is 0 Å². The third kappa shape index (κ3) is 3.38. The van der Waals surface area contributed by atoms with Crippen LogP contribution in [0.5, 0.6) is 0 Å². The molecule has 20 heavy (non-hydrogen) atoms. The molecule has 0 heterocycles. The maximum Gasteiger partial charge on any atom is 0.309 e. The van der Waals surface area contributed by atoms with E-state index in [-0.39, 0.29) is 36.9 Å². The van der Waals surface area contributed by atoms with Gasteiger partial charge in [0.15, 0.2) is 6.61 Å². The van der Waals surface area contributed by atoms with Crippen LogP contribution in [0.4, 0.5) is 0 Å². The van der Waals surface area contributed by atoms with Crippen molar-refractivity contribution in [1.29, 1.82) is 0 Å². The average molecular weight is 277 g/mol. The number of carbonyl (C=O) groups excluding carboxylic acids is 3. The first-order chi connectivity index (χ1) is 9.61. The second-order valence-electron chi connectivity index (χ2n) is 5.48. The lowest BCUT2D eigenvalue weighted by Gasteiger charge is -2.36. The monoisotopic (exact) mass is 277 g/mol. The Balaban J connectivity index is 1.80. The molecule has 2 fully saturated rings. The normalized spacial score (nSPS) is 28.4. The van der Waals surface area contributed by atoms with Gasteiger partial charge in [0.2, 0.25) is 0 Å². The van der Waals surface area contributed by atoms with Crippen molar-refractivity contribution in [3.05, 3.63) is 0 Å². The molecule has 0 saturated heterocycles. The minimum atomic E-state index is -0.400. The average Bonchev–Trinajstić information content (AvgIpc) is 2.42. The standard InChI is InChI=1S/C15H19NO4/c1-2-6-16-13(17)9-20-15(19)12-7-10-4-3-5-11(8-12)14(10)18/h1,10-12H,3-9H2,(H,16,17)/t10-,11+,12?. The summed E-state index contributed by atoms with van der Waals surface area (Å²) in [6.07, 6.45) is 8.97. The Hall–Kier alpha value is -1.83. The lowest BCUT2D eigenvalue weighted by molar-refractivity contribution is -0.156. The number of ketones is 1. The van der Waals surface area contributed by atoms with Crippen molar-refractivity contribution in [2.24, 2.45) is 17.8 Å². The molecule has 0 aromatic carbocycles. The summed E-state index contributed by atoms with van der Waals surface area (Å²) in [7, 11) is 0. The molecule has 2 bridgehead atoms. The van der Waals surface area contributed by atoms with Crippen molar-refractivity contribution >= 4 is 17.7 Å². The Bertz CT molecular complexity index is 435.